The second-order valence-electron chi connectivity index (χ2n) is 10.9. The zero-order valence-electron chi connectivity index (χ0n) is 19.1. The van der Waals surface area contributed by atoms with Crippen LogP contribution in [-0.2, 0) is 0 Å². The first-order valence-corrected chi connectivity index (χ1v) is 13.1. The van der Waals surface area contributed by atoms with Crippen LogP contribution < -0.4 is 0 Å². The fourth-order valence-electron chi connectivity index (χ4n) is 7.24. The Kier molecular flexibility index (Phi) is 8.74. The van der Waals surface area contributed by atoms with E-state index < -0.39 is 0 Å². The number of hydrogen-bond donors (Lipinski definition) is 0. The van der Waals surface area contributed by atoms with Crippen LogP contribution in [0.25, 0.3) is 0 Å². The molecule has 0 aliphatic heterocycles. The first kappa shape index (κ1) is 22.2. The Balaban J connectivity index is 1.38. The molecular weight excluding hydrogens is 338 g/mol. The van der Waals surface area contributed by atoms with Gasteiger partial charge in [0.15, 0.2) is 0 Å². The van der Waals surface area contributed by atoms with Crippen LogP contribution in [0.15, 0.2) is 0 Å². The van der Waals surface area contributed by atoms with Gasteiger partial charge in [-0.15, -0.1) is 0 Å². The van der Waals surface area contributed by atoms with Crippen molar-refractivity contribution in [3.63, 3.8) is 0 Å². The Morgan fingerprint density at radius 1 is 0.679 bits per heavy atom. The largest absolute Gasteiger partial charge is 0.198 e. The number of rotatable bonds is 8. The van der Waals surface area contributed by atoms with E-state index in [4.69, 9.17) is 0 Å². The molecule has 0 amide bonds. The normalized spacial score (nSPS) is 39.4. The van der Waals surface area contributed by atoms with Crippen molar-refractivity contribution in [1.29, 1.82) is 5.26 Å². The minimum atomic E-state index is 0.0417. The van der Waals surface area contributed by atoms with Crippen LogP contribution in [0.4, 0.5) is 0 Å². The predicted molar refractivity (Wildman–Crippen MR) is 120 cm³/mol. The summed E-state index contributed by atoms with van der Waals surface area (Å²) in [7, 11) is 0. The SMILES string of the molecule is CCCCC[C@]1(C#N)CC[C@H](C2CCC([C@H]3CC[C@H](CCC)CC3)CC2)CC1. The summed E-state index contributed by atoms with van der Waals surface area (Å²) in [4.78, 5) is 0. The molecule has 3 rings (SSSR count). The average molecular weight is 386 g/mol. The van der Waals surface area contributed by atoms with Crippen LogP contribution in [0.5, 0.6) is 0 Å². The zero-order valence-corrected chi connectivity index (χ0v) is 19.1. The predicted octanol–water partition coefficient (Wildman–Crippen LogP) is 8.68. The van der Waals surface area contributed by atoms with Gasteiger partial charge in [-0.3, -0.25) is 0 Å². The minimum absolute atomic E-state index is 0.0417. The van der Waals surface area contributed by atoms with Crippen molar-refractivity contribution in [2.24, 2.45) is 35.0 Å². The van der Waals surface area contributed by atoms with Gasteiger partial charge in [0.2, 0.25) is 0 Å². The molecule has 0 radical (unpaired) electrons. The third kappa shape index (κ3) is 5.77. The molecule has 0 aromatic carbocycles. The van der Waals surface area contributed by atoms with E-state index in [-0.39, 0.29) is 5.41 Å². The lowest BCUT2D eigenvalue weighted by atomic mass is 9.62. The lowest BCUT2D eigenvalue weighted by Gasteiger charge is -2.43. The molecule has 0 bridgehead atoms. The summed E-state index contributed by atoms with van der Waals surface area (Å²) in [6, 6.07) is 2.76. The van der Waals surface area contributed by atoms with Crippen LogP contribution >= 0.6 is 0 Å². The Bertz CT molecular complexity index is 465. The fraction of sp³-hybridized carbons (Fsp3) is 0.963. The zero-order chi connectivity index (χ0) is 19.8. The molecule has 0 unspecified atom stereocenters. The van der Waals surface area contributed by atoms with Gasteiger partial charge in [0.1, 0.15) is 0 Å². The van der Waals surface area contributed by atoms with Gasteiger partial charge in [0.05, 0.1) is 11.5 Å². The molecule has 1 heteroatoms. The summed E-state index contributed by atoms with van der Waals surface area (Å²) in [6.45, 7) is 4.62. The molecule has 0 saturated heterocycles. The van der Waals surface area contributed by atoms with Gasteiger partial charge >= 0.3 is 0 Å². The standard InChI is InChI=1S/C27H47N/c1-3-5-6-18-27(21-28)19-16-26(17-20-27)25-14-12-24(13-15-25)23-10-8-22(7-4-2)9-11-23/h22-26H,3-20H2,1-2H3/t22-,23-,24?,25?,26-,27-. The maximum atomic E-state index is 9.82. The van der Waals surface area contributed by atoms with E-state index in [0.717, 1.165) is 36.0 Å². The van der Waals surface area contributed by atoms with Gasteiger partial charge in [0, 0.05) is 0 Å². The van der Waals surface area contributed by atoms with E-state index in [1.165, 1.54) is 109 Å². The summed E-state index contributed by atoms with van der Waals surface area (Å²) in [6.07, 6.45) is 25.1. The van der Waals surface area contributed by atoms with Crippen LogP contribution in [0.3, 0.4) is 0 Å². The third-order valence-electron chi connectivity index (χ3n) is 9.22. The van der Waals surface area contributed by atoms with Crippen molar-refractivity contribution >= 4 is 0 Å². The molecule has 0 heterocycles. The van der Waals surface area contributed by atoms with Crippen LogP contribution in [0.2, 0.25) is 0 Å². The Hall–Kier alpha value is -0.510. The van der Waals surface area contributed by atoms with Gasteiger partial charge in [0.25, 0.3) is 0 Å². The summed E-state index contributed by atoms with van der Waals surface area (Å²) in [5, 5.41) is 9.82. The molecule has 3 aliphatic rings. The molecule has 3 fully saturated rings. The minimum Gasteiger partial charge on any atom is -0.198 e. The van der Waals surface area contributed by atoms with E-state index >= 15 is 0 Å². The molecule has 0 aromatic heterocycles. The smallest absolute Gasteiger partial charge is 0.0689 e. The topological polar surface area (TPSA) is 23.8 Å². The Morgan fingerprint density at radius 3 is 1.64 bits per heavy atom. The molecule has 1 nitrogen and oxygen atoms in total. The van der Waals surface area contributed by atoms with Crippen LogP contribution in [-0.4, -0.2) is 0 Å². The quantitative estimate of drug-likeness (QED) is 0.383. The number of nitriles is 1. The van der Waals surface area contributed by atoms with Crippen LogP contribution in [0, 0.1) is 46.3 Å². The first-order chi connectivity index (χ1) is 13.7. The highest BCUT2D eigenvalue weighted by Gasteiger charge is 2.39. The molecule has 0 spiro atoms. The monoisotopic (exact) mass is 385 g/mol. The molecule has 0 N–H and O–H groups in total. The van der Waals surface area contributed by atoms with Crippen molar-refractivity contribution in [3.8, 4) is 6.07 Å². The summed E-state index contributed by atoms with van der Waals surface area (Å²) in [5.41, 5.74) is 0.0417. The van der Waals surface area contributed by atoms with Crippen molar-refractivity contribution < 1.29 is 0 Å². The van der Waals surface area contributed by atoms with Crippen LogP contribution in [0.1, 0.15) is 129 Å². The van der Waals surface area contributed by atoms with E-state index in [1.54, 1.807) is 0 Å². The lowest BCUT2D eigenvalue weighted by molar-refractivity contribution is 0.0899. The highest BCUT2D eigenvalue weighted by Crippen LogP contribution is 2.49. The van der Waals surface area contributed by atoms with E-state index in [1.807, 2.05) is 0 Å². The fourth-order valence-corrected chi connectivity index (χ4v) is 7.24. The van der Waals surface area contributed by atoms with Gasteiger partial charge in [-0.25, -0.2) is 0 Å². The summed E-state index contributed by atoms with van der Waals surface area (Å²) < 4.78 is 0. The van der Waals surface area contributed by atoms with Gasteiger partial charge in [-0.05, 0) is 100 Å². The van der Waals surface area contributed by atoms with Gasteiger partial charge in [-0.1, -0.05) is 58.8 Å². The molecule has 28 heavy (non-hydrogen) atoms. The molecule has 0 aromatic rings. The second kappa shape index (κ2) is 11.0. The number of unbranched alkanes of at least 4 members (excludes halogenated alkanes) is 2. The number of hydrogen-bond acceptors (Lipinski definition) is 1. The highest BCUT2D eigenvalue weighted by molar-refractivity contribution is 5.02. The molecule has 3 saturated carbocycles. The van der Waals surface area contributed by atoms with Gasteiger partial charge < -0.3 is 0 Å². The Labute approximate surface area is 176 Å². The average Bonchev–Trinajstić information content (AvgIpc) is 2.75. The van der Waals surface area contributed by atoms with Crippen molar-refractivity contribution in [2.45, 2.75) is 129 Å². The first-order valence-electron chi connectivity index (χ1n) is 13.1. The number of nitrogens with zero attached hydrogens (tertiary/aromatic N) is 1. The van der Waals surface area contributed by atoms with Gasteiger partial charge in [-0.2, -0.15) is 5.26 Å². The van der Waals surface area contributed by atoms with Crippen molar-refractivity contribution in [3.05, 3.63) is 0 Å². The van der Waals surface area contributed by atoms with Crippen molar-refractivity contribution in [1.82, 2.24) is 0 Å². The molecule has 0 atom stereocenters. The molecule has 160 valence electrons. The van der Waals surface area contributed by atoms with Crippen molar-refractivity contribution in [2.75, 3.05) is 0 Å². The van der Waals surface area contributed by atoms with E-state index in [9.17, 15) is 5.26 Å². The van der Waals surface area contributed by atoms with E-state index in [2.05, 4.69) is 19.9 Å². The second-order valence-corrected chi connectivity index (χ2v) is 10.9. The maximum Gasteiger partial charge on any atom is 0.0689 e. The highest BCUT2D eigenvalue weighted by atomic mass is 14.5. The molecule has 3 aliphatic carbocycles. The summed E-state index contributed by atoms with van der Waals surface area (Å²) in [5.74, 6) is 5.09. The molecular formula is C27H47N. The lowest BCUT2D eigenvalue weighted by Crippen LogP contribution is -2.32. The third-order valence-corrected chi connectivity index (χ3v) is 9.22. The summed E-state index contributed by atoms with van der Waals surface area (Å²) >= 11 is 0. The maximum absolute atomic E-state index is 9.82. The Morgan fingerprint density at radius 2 is 1.18 bits per heavy atom. The van der Waals surface area contributed by atoms with E-state index in [0.29, 0.717) is 0 Å².